The van der Waals surface area contributed by atoms with Gasteiger partial charge in [-0.15, -0.1) is 0 Å². The highest BCUT2D eigenvalue weighted by Gasteiger charge is 2.27. The molecule has 3 rings (SSSR count). The Kier molecular flexibility index (Phi) is 3.64. The normalized spacial score (nSPS) is 17.7. The predicted octanol–water partition coefficient (Wildman–Crippen LogP) is 3.75. The zero-order chi connectivity index (χ0) is 15.0. The molecule has 0 amide bonds. The van der Waals surface area contributed by atoms with E-state index in [0.29, 0.717) is 18.0 Å². The zero-order valence-corrected chi connectivity index (χ0v) is 11.9. The molecule has 0 spiro atoms. The summed E-state index contributed by atoms with van der Waals surface area (Å²) in [6.45, 7) is 2.82. The molecule has 21 heavy (non-hydrogen) atoms. The van der Waals surface area contributed by atoms with Crippen LogP contribution in [0.3, 0.4) is 0 Å². The van der Waals surface area contributed by atoms with Gasteiger partial charge >= 0.3 is 0 Å². The maximum atomic E-state index is 14.4. The molecule has 1 heterocycles. The van der Waals surface area contributed by atoms with E-state index in [1.165, 1.54) is 12.1 Å². The Morgan fingerprint density at radius 2 is 1.86 bits per heavy atom. The minimum absolute atomic E-state index is 0.0196. The monoisotopic (exact) mass is 288 g/mol. The van der Waals surface area contributed by atoms with Crippen LogP contribution in [-0.2, 0) is 13.0 Å². The molecule has 110 valence electrons. The van der Waals surface area contributed by atoms with Crippen LogP contribution in [0.5, 0.6) is 0 Å². The molecule has 0 aliphatic carbocycles. The van der Waals surface area contributed by atoms with Crippen molar-refractivity contribution in [2.24, 2.45) is 11.7 Å². The van der Waals surface area contributed by atoms with Crippen molar-refractivity contribution in [1.29, 1.82) is 0 Å². The smallest absolute Gasteiger partial charge is 0.150 e. The van der Waals surface area contributed by atoms with Crippen molar-refractivity contribution in [1.82, 2.24) is 0 Å². The minimum Gasteiger partial charge on any atom is -0.336 e. The van der Waals surface area contributed by atoms with Gasteiger partial charge in [0.15, 0.2) is 0 Å². The van der Waals surface area contributed by atoms with E-state index < -0.39 is 11.6 Å². The predicted molar refractivity (Wildman–Crippen MR) is 80.6 cm³/mol. The van der Waals surface area contributed by atoms with Crippen molar-refractivity contribution in [3.8, 4) is 0 Å². The van der Waals surface area contributed by atoms with Gasteiger partial charge in [0.1, 0.15) is 17.3 Å². The summed E-state index contributed by atoms with van der Waals surface area (Å²) in [6.07, 6.45) is 0.927. The Balaban J connectivity index is 2.13. The molecule has 2 aromatic rings. The molecule has 2 nitrogen and oxygen atoms in total. The highest BCUT2D eigenvalue weighted by Crippen LogP contribution is 2.38. The number of anilines is 2. The first kappa shape index (κ1) is 14.0. The van der Waals surface area contributed by atoms with Crippen LogP contribution in [0.25, 0.3) is 0 Å². The van der Waals surface area contributed by atoms with E-state index in [1.54, 1.807) is 4.90 Å². The Hall–Kier alpha value is -1.94. The van der Waals surface area contributed by atoms with Crippen molar-refractivity contribution in [2.75, 3.05) is 11.4 Å². The second-order valence-electron chi connectivity index (χ2n) is 5.66. The lowest BCUT2D eigenvalue weighted by Crippen LogP contribution is -2.31. The van der Waals surface area contributed by atoms with Crippen molar-refractivity contribution in [3.63, 3.8) is 0 Å². The van der Waals surface area contributed by atoms with E-state index >= 15 is 0 Å². The number of nitrogens with two attached hydrogens (primary N) is 1. The van der Waals surface area contributed by atoms with Gasteiger partial charge in [0, 0.05) is 18.8 Å². The summed E-state index contributed by atoms with van der Waals surface area (Å²) in [6, 6.07) is 10.4. The van der Waals surface area contributed by atoms with Gasteiger partial charge in [0.05, 0.1) is 0 Å². The molecule has 1 aliphatic rings. The lowest BCUT2D eigenvalue weighted by Gasteiger charge is -2.35. The number of hydrogen-bond donors (Lipinski definition) is 1. The number of benzene rings is 2. The SMILES string of the molecule is CC1Cc2ccccc2N(c2c(F)cc(CN)cc2F)C1. The third-order valence-corrected chi connectivity index (χ3v) is 3.93. The second-order valence-corrected chi connectivity index (χ2v) is 5.66. The van der Waals surface area contributed by atoms with Crippen LogP contribution in [0.2, 0.25) is 0 Å². The number of hydrogen-bond acceptors (Lipinski definition) is 2. The summed E-state index contributed by atoms with van der Waals surface area (Å²) in [5.41, 5.74) is 7.96. The van der Waals surface area contributed by atoms with Gasteiger partial charge in [0.25, 0.3) is 0 Å². The molecule has 0 aromatic heterocycles. The van der Waals surface area contributed by atoms with Crippen molar-refractivity contribution in [2.45, 2.75) is 19.9 Å². The summed E-state index contributed by atoms with van der Waals surface area (Å²) in [4.78, 5) is 1.74. The van der Waals surface area contributed by atoms with Gasteiger partial charge < -0.3 is 10.6 Å². The first-order chi connectivity index (χ1) is 10.1. The van der Waals surface area contributed by atoms with Crippen LogP contribution in [0.15, 0.2) is 36.4 Å². The Morgan fingerprint density at radius 1 is 1.19 bits per heavy atom. The molecule has 0 saturated carbocycles. The third-order valence-electron chi connectivity index (χ3n) is 3.93. The van der Waals surface area contributed by atoms with Crippen LogP contribution in [0.4, 0.5) is 20.2 Å². The molecule has 4 heteroatoms. The molecular weight excluding hydrogens is 270 g/mol. The lowest BCUT2D eigenvalue weighted by molar-refractivity contribution is 0.533. The van der Waals surface area contributed by atoms with E-state index in [0.717, 1.165) is 17.7 Å². The Morgan fingerprint density at radius 3 is 2.52 bits per heavy atom. The summed E-state index contributed by atoms with van der Waals surface area (Å²) in [5, 5.41) is 0. The molecular formula is C17H18F2N2. The number of para-hydroxylation sites is 1. The number of fused-ring (bicyclic) bond motifs is 1. The fraction of sp³-hybridized carbons (Fsp3) is 0.294. The molecule has 0 saturated heterocycles. The van der Waals surface area contributed by atoms with E-state index in [2.05, 4.69) is 6.92 Å². The average molecular weight is 288 g/mol. The first-order valence-corrected chi connectivity index (χ1v) is 7.13. The van der Waals surface area contributed by atoms with E-state index in [9.17, 15) is 8.78 Å². The molecule has 0 fully saturated rings. The van der Waals surface area contributed by atoms with Crippen molar-refractivity contribution < 1.29 is 8.78 Å². The molecule has 0 bridgehead atoms. The average Bonchev–Trinajstić information content (AvgIpc) is 2.46. The first-order valence-electron chi connectivity index (χ1n) is 7.13. The highest BCUT2D eigenvalue weighted by atomic mass is 19.1. The summed E-state index contributed by atoms with van der Waals surface area (Å²) < 4.78 is 28.7. The standard InChI is InChI=1S/C17H18F2N2/c1-11-6-13-4-2-3-5-16(13)21(10-11)17-14(18)7-12(9-20)8-15(17)19/h2-5,7-8,11H,6,9-10,20H2,1H3. The maximum absolute atomic E-state index is 14.4. The summed E-state index contributed by atoms with van der Waals surface area (Å²) >= 11 is 0. The Labute approximate surface area is 123 Å². The topological polar surface area (TPSA) is 29.3 Å². The maximum Gasteiger partial charge on any atom is 0.150 e. The zero-order valence-electron chi connectivity index (χ0n) is 11.9. The molecule has 2 aromatic carbocycles. The van der Waals surface area contributed by atoms with E-state index in [-0.39, 0.29) is 12.2 Å². The molecule has 2 N–H and O–H groups in total. The van der Waals surface area contributed by atoms with Crippen LogP contribution in [0.1, 0.15) is 18.1 Å². The molecule has 1 aliphatic heterocycles. The van der Waals surface area contributed by atoms with Crippen molar-refractivity contribution >= 4 is 11.4 Å². The second kappa shape index (κ2) is 5.45. The highest BCUT2D eigenvalue weighted by molar-refractivity contribution is 5.69. The fourth-order valence-corrected chi connectivity index (χ4v) is 3.00. The van der Waals surface area contributed by atoms with Crippen LogP contribution in [0, 0.1) is 17.6 Å². The summed E-state index contributed by atoms with van der Waals surface area (Å²) in [7, 11) is 0. The van der Waals surface area contributed by atoms with Crippen LogP contribution < -0.4 is 10.6 Å². The van der Waals surface area contributed by atoms with E-state index in [1.807, 2.05) is 24.3 Å². The summed E-state index contributed by atoms with van der Waals surface area (Å²) in [5.74, 6) is -0.772. The third kappa shape index (κ3) is 2.51. The van der Waals surface area contributed by atoms with Gasteiger partial charge in [-0.1, -0.05) is 25.1 Å². The molecule has 1 atom stereocenters. The largest absolute Gasteiger partial charge is 0.336 e. The van der Waals surface area contributed by atoms with E-state index in [4.69, 9.17) is 5.73 Å². The number of halogens is 2. The van der Waals surface area contributed by atoms with Gasteiger partial charge in [-0.2, -0.15) is 0 Å². The van der Waals surface area contributed by atoms with Crippen LogP contribution >= 0.6 is 0 Å². The van der Waals surface area contributed by atoms with Crippen molar-refractivity contribution in [3.05, 3.63) is 59.2 Å². The Bertz CT molecular complexity index is 647. The van der Waals surface area contributed by atoms with Gasteiger partial charge in [-0.3, -0.25) is 0 Å². The number of nitrogens with zero attached hydrogens (tertiary/aromatic N) is 1. The lowest BCUT2D eigenvalue weighted by atomic mass is 9.93. The van der Waals surface area contributed by atoms with Gasteiger partial charge in [-0.25, -0.2) is 8.78 Å². The van der Waals surface area contributed by atoms with Gasteiger partial charge in [-0.05, 0) is 41.7 Å². The van der Waals surface area contributed by atoms with Crippen LogP contribution in [-0.4, -0.2) is 6.54 Å². The quantitative estimate of drug-likeness (QED) is 0.912. The minimum atomic E-state index is -0.556. The molecule has 1 unspecified atom stereocenters. The van der Waals surface area contributed by atoms with Gasteiger partial charge in [0.2, 0.25) is 0 Å². The fourth-order valence-electron chi connectivity index (χ4n) is 3.00. The number of rotatable bonds is 2. The molecule has 0 radical (unpaired) electrons.